The van der Waals surface area contributed by atoms with Gasteiger partial charge in [-0.1, -0.05) is 18.2 Å². The van der Waals surface area contributed by atoms with Crippen molar-refractivity contribution in [3.05, 3.63) is 52.8 Å². The molecule has 0 saturated heterocycles. The maximum absolute atomic E-state index is 6.11. The Kier molecular flexibility index (Phi) is 4.28. The number of nitrogens with zero attached hydrogens (tertiary/aromatic N) is 2. The van der Waals surface area contributed by atoms with E-state index in [9.17, 15) is 0 Å². The number of anilines is 2. The Bertz CT molecular complexity index is 605. The maximum atomic E-state index is 6.11. The van der Waals surface area contributed by atoms with E-state index in [0.29, 0.717) is 0 Å². The summed E-state index contributed by atoms with van der Waals surface area (Å²) in [6.45, 7) is 10.1. The van der Waals surface area contributed by atoms with Crippen molar-refractivity contribution >= 4 is 11.4 Å². The molecule has 0 aliphatic carbocycles. The van der Waals surface area contributed by atoms with Crippen molar-refractivity contribution in [2.75, 3.05) is 17.2 Å². The molecule has 0 aliphatic rings. The summed E-state index contributed by atoms with van der Waals surface area (Å²) in [7, 11) is 0. The fourth-order valence-corrected chi connectivity index (χ4v) is 2.42. The van der Waals surface area contributed by atoms with Crippen LogP contribution in [0.1, 0.15) is 29.3 Å². The number of para-hydroxylation sites is 1. The first-order valence-corrected chi connectivity index (χ1v) is 7.05. The van der Waals surface area contributed by atoms with Crippen molar-refractivity contribution in [2.45, 2.75) is 34.2 Å². The van der Waals surface area contributed by atoms with E-state index in [1.54, 1.807) is 0 Å². The summed E-state index contributed by atoms with van der Waals surface area (Å²) in [6, 6.07) is 8.45. The second-order valence-corrected chi connectivity index (χ2v) is 5.23. The molecule has 1 aromatic heterocycles. The predicted molar refractivity (Wildman–Crippen MR) is 86.0 cm³/mol. The summed E-state index contributed by atoms with van der Waals surface area (Å²) in [5, 5.41) is 0. The summed E-state index contributed by atoms with van der Waals surface area (Å²) in [5.41, 5.74) is 12.7. The van der Waals surface area contributed by atoms with Crippen molar-refractivity contribution in [2.24, 2.45) is 0 Å². The zero-order chi connectivity index (χ0) is 14.7. The van der Waals surface area contributed by atoms with Gasteiger partial charge in [0.15, 0.2) is 0 Å². The molecule has 2 N–H and O–H groups in total. The number of hydrogen-bond acceptors (Lipinski definition) is 3. The van der Waals surface area contributed by atoms with Gasteiger partial charge in [0.25, 0.3) is 0 Å². The first-order valence-electron chi connectivity index (χ1n) is 7.05. The van der Waals surface area contributed by atoms with Gasteiger partial charge in [-0.15, -0.1) is 0 Å². The molecule has 1 aromatic carbocycles. The van der Waals surface area contributed by atoms with Crippen LogP contribution in [0.3, 0.4) is 0 Å². The Morgan fingerprint density at radius 2 is 1.80 bits per heavy atom. The molecule has 3 heteroatoms. The Morgan fingerprint density at radius 1 is 1.10 bits per heavy atom. The highest BCUT2D eigenvalue weighted by molar-refractivity contribution is 5.56. The molecule has 0 aliphatic heterocycles. The van der Waals surface area contributed by atoms with Gasteiger partial charge in [-0.05, 0) is 50.5 Å². The lowest BCUT2D eigenvalue weighted by Gasteiger charge is -2.25. The molecule has 0 radical (unpaired) electrons. The Balaban J connectivity index is 2.32. The number of aryl methyl sites for hydroxylation is 2. The molecule has 0 atom stereocenters. The summed E-state index contributed by atoms with van der Waals surface area (Å²) < 4.78 is 0. The van der Waals surface area contributed by atoms with E-state index in [0.717, 1.165) is 35.6 Å². The molecule has 3 nitrogen and oxygen atoms in total. The molecule has 0 unspecified atom stereocenters. The van der Waals surface area contributed by atoms with Crippen LogP contribution < -0.4 is 10.6 Å². The van der Waals surface area contributed by atoms with E-state index in [4.69, 9.17) is 5.73 Å². The molecule has 20 heavy (non-hydrogen) atoms. The molecule has 0 spiro atoms. The average molecular weight is 269 g/mol. The van der Waals surface area contributed by atoms with E-state index in [1.165, 1.54) is 11.3 Å². The first kappa shape index (κ1) is 14.4. The van der Waals surface area contributed by atoms with Crippen LogP contribution in [0.4, 0.5) is 11.4 Å². The van der Waals surface area contributed by atoms with Crippen molar-refractivity contribution in [3.63, 3.8) is 0 Å². The molecule has 2 aromatic rings. The van der Waals surface area contributed by atoms with Crippen LogP contribution in [0.2, 0.25) is 0 Å². The molecule has 2 rings (SSSR count). The van der Waals surface area contributed by atoms with Crippen LogP contribution in [-0.4, -0.2) is 11.5 Å². The number of nitrogens with two attached hydrogens (primary N) is 1. The number of hydrogen-bond donors (Lipinski definition) is 1. The zero-order valence-corrected chi connectivity index (χ0v) is 12.8. The van der Waals surface area contributed by atoms with Crippen LogP contribution in [0, 0.1) is 20.8 Å². The lowest BCUT2D eigenvalue weighted by atomic mass is 10.1. The fraction of sp³-hybridized carbons (Fsp3) is 0.353. The quantitative estimate of drug-likeness (QED) is 0.922. The maximum Gasteiger partial charge on any atom is 0.0646 e. The molecule has 0 amide bonds. The molecular formula is C17H23N3. The van der Waals surface area contributed by atoms with Crippen LogP contribution in [0.25, 0.3) is 0 Å². The van der Waals surface area contributed by atoms with E-state index in [2.05, 4.69) is 54.9 Å². The number of aromatic nitrogens is 1. The summed E-state index contributed by atoms with van der Waals surface area (Å²) in [6.07, 6.45) is 1.86. The normalized spacial score (nSPS) is 10.6. The predicted octanol–water partition coefficient (Wildman–Crippen LogP) is 3.62. The molecule has 0 bridgehead atoms. The van der Waals surface area contributed by atoms with E-state index in [-0.39, 0.29) is 0 Å². The average Bonchev–Trinajstić information content (AvgIpc) is 2.45. The molecule has 106 valence electrons. The lowest BCUT2D eigenvalue weighted by molar-refractivity contribution is 0.800. The number of rotatable bonds is 4. The van der Waals surface area contributed by atoms with Crippen molar-refractivity contribution < 1.29 is 0 Å². The van der Waals surface area contributed by atoms with Crippen LogP contribution in [-0.2, 0) is 6.54 Å². The van der Waals surface area contributed by atoms with Crippen LogP contribution >= 0.6 is 0 Å². The van der Waals surface area contributed by atoms with Crippen LogP contribution in [0.15, 0.2) is 30.5 Å². The van der Waals surface area contributed by atoms with Gasteiger partial charge in [-0.2, -0.15) is 0 Å². The molecular weight excluding hydrogens is 246 g/mol. The fourth-order valence-electron chi connectivity index (χ4n) is 2.42. The van der Waals surface area contributed by atoms with Gasteiger partial charge in [-0.25, -0.2) is 0 Å². The third-order valence-electron chi connectivity index (χ3n) is 3.85. The van der Waals surface area contributed by atoms with Gasteiger partial charge in [-0.3, -0.25) is 4.98 Å². The highest BCUT2D eigenvalue weighted by atomic mass is 15.1. The SMILES string of the molecule is CCN(Cc1ncc(C)c(N)c1C)c1ccccc1C. The number of pyridine rings is 1. The van der Waals surface area contributed by atoms with E-state index in [1.807, 2.05) is 13.1 Å². The van der Waals surface area contributed by atoms with Gasteiger partial charge in [0.1, 0.15) is 0 Å². The van der Waals surface area contributed by atoms with Crippen molar-refractivity contribution in [1.29, 1.82) is 0 Å². The number of nitrogen functional groups attached to an aromatic ring is 1. The smallest absolute Gasteiger partial charge is 0.0646 e. The minimum atomic E-state index is 0.789. The number of benzene rings is 1. The van der Waals surface area contributed by atoms with Crippen LogP contribution in [0.5, 0.6) is 0 Å². The first-order chi connectivity index (χ1) is 9.54. The zero-order valence-electron chi connectivity index (χ0n) is 12.8. The molecule has 0 fully saturated rings. The Hall–Kier alpha value is -2.03. The summed E-state index contributed by atoms with van der Waals surface area (Å²) >= 11 is 0. The lowest BCUT2D eigenvalue weighted by Crippen LogP contribution is -2.24. The third kappa shape index (κ3) is 2.77. The van der Waals surface area contributed by atoms with Gasteiger partial charge >= 0.3 is 0 Å². The van der Waals surface area contributed by atoms with Crippen molar-refractivity contribution in [3.8, 4) is 0 Å². The van der Waals surface area contributed by atoms with Gasteiger partial charge in [0.05, 0.1) is 12.2 Å². The summed E-state index contributed by atoms with van der Waals surface area (Å²) in [4.78, 5) is 6.89. The van der Waals surface area contributed by atoms with Gasteiger partial charge in [0, 0.05) is 24.1 Å². The highest BCUT2D eigenvalue weighted by Crippen LogP contribution is 2.24. The van der Waals surface area contributed by atoms with E-state index >= 15 is 0 Å². The monoisotopic (exact) mass is 269 g/mol. The third-order valence-corrected chi connectivity index (χ3v) is 3.85. The minimum Gasteiger partial charge on any atom is -0.398 e. The topological polar surface area (TPSA) is 42.2 Å². The van der Waals surface area contributed by atoms with Gasteiger partial charge < -0.3 is 10.6 Å². The Morgan fingerprint density at radius 3 is 2.45 bits per heavy atom. The standard InChI is InChI=1S/C17H23N3/c1-5-20(16-9-7-6-8-12(16)2)11-15-14(4)17(18)13(3)10-19-15/h6-10H,5,11H2,1-4H3,(H2,18,19). The second kappa shape index (κ2) is 5.95. The van der Waals surface area contributed by atoms with E-state index < -0.39 is 0 Å². The van der Waals surface area contributed by atoms with Crippen molar-refractivity contribution in [1.82, 2.24) is 4.98 Å². The Labute approximate surface area is 121 Å². The van der Waals surface area contributed by atoms with Gasteiger partial charge in [0.2, 0.25) is 0 Å². The molecule has 0 saturated carbocycles. The molecule has 1 heterocycles. The minimum absolute atomic E-state index is 0.789. The largest absolute Gasteiger partial charge is 0.398 e. The summed E-state index contributed by atoms with van der Waals surface area (Å²) in [5.74, 6) is 0. The highest BCUT2D eigenvalue weighted by Gasteiger charge is 2.12. The second-order valence-electron chi connectivity index (χ2n) is 5.23.